The smallest absolute Gasteiger partial charge is 0.326 e. The van der Waals surface area contributed by atoms with Gasteiger partial charge >= 0.3 is 5.97 Å². The third-order valence-electron chi connectivity index (χ3n) is 4.09. The summed E-state index contributed by atoms with van der Waals surface area (Å²) in [5, 5.41) is 11.9. The second kappa shape index (κ2) is 8.51. The molecule has 5 nitrogen and oxygen atoms in total. The Hall–Kier alpha value is -1.10. The maximum atomic E-state index is 12.1. The van der Waals surface area contributed by atoms with Crippen molar-refractivity contribution in [1.29, 1.82) is 0 Å². The molecule has 0 radical (unpaired) electrons. The first-order chi connectivity index (χ1) is 10.2. The largest absolute Gasteiger partial charge is 0.480 e. The van der Waals surface area contributed by atoms with E-state index in [1.54, 1.807) is 0 Å². The van der Waals surface area contributed by atoms with Gasteiger partial charge in [-0.25, -0.2) is 4.79 Å². The van der Waals surface area contributed by atoms with Crippen LogP contribution in [0.1, 0.15) is 66.2 Å². The average molecular weight is 313 g/mol. The third-order valence-corrected chi connectivity index (χ3v) is 4.09. The Labute approximate surface area is 133 Å². The molecule has 2 N–H and O–H groups in total. The van der Waals surface area contributed by atoms with Gasteiger partial charge in [-0.15, -0.1) is 0 Å². The molecule has 1 aliphatic carbocycles. The summed E-state index contributed by atoms with van der Waals surface area (Å²) in [5.41, 5.74) is -0.300. The zero-order valence-electron chi connectivity index (χ0n) is 14.4. The molecule has 0 spiro atoms. The summed E-state index contributed by atoms with van der Waals surface area (Å²) >= 11 is 0. The van der Waals surface area contributed by atoms with Crippen molar-refractivity contribution < 1.29 is 19.4 Å². The molecule has 1 rings (SSSR count). The van der Waals surface area contributed by atoms with Gasteiger partial charge in [0, 0.05) is 19.4 Å². The SMILES string of the molecule is CC1CCCC(CC(=O)NC(CCOC(C)(C)C)C(=O)O)C1. The molecule has 0 aliphatic heterocycles. The van der Waals surface area contributed by atoms with Crippen molar-refractivity contribution >= 4 is 11.9 Å². The van der Waals surface area contributed by atoms with Crippen LogP contribution in [0.4, 0.5) is 0 Å². The fourth-order valence-electron chi connectivity index (χ4n) is 3.00. The molecule has 0 aromatic rings. The third kappa shape index (κ3) is 7.78. The first-order valence-electron chi connectivity index (χ1n) is 8.33. The highest BCUT2D eigenvalue weighted by Gasteiger charge is 2.25. The molecule has 1 aliphatic rings. The Kier molecular flexibility index (Phi) is 7.33. The summed E-state index contributed by atoms with van der Waals surface area (Å²) in [7, 11) is 0. The topological polar surface area (TPSA) is 75.6 Å². The van der Waals surface area contributed by atoms with E-state index in [1.807, 2.05) is 20.8 Å². The van der Waals surface area contributed by atoms with Gasteiger partial charge < -0.3 is 15.2 Å². The predicted octanol–water partition coefficient (Wildman–Crippen LogP) is 2.98. The van der Waals surface area contributed by atoms with Crippen LogP contribution >= 0.6 is 0 Å². The maximum absolute atomic E-state index is 12.1. The summed E-state index contributed by atoms with van der Waals surface area (Å²) in [5.74, 6) is -0.0869. The number of ether oxygens (including phenoxy) is 1. The molecule has 0 bridgehead atoms. The number of hydrogen-bond acceptors (Lipinski definition) is 3. The molecular formula is C17H31NO4. The van der Waals surface area contributed by atoms with E-state index in [2.05, 4.69) is 12.2 Å². The van der Waals surface area contributed by atoms with E-state index < -0.39 is 12.0 Å². The number of carboxylic acid groups (broad SMARTS) is 1. The highest BCUT2D eigenvalue weighted by molar-refractivity contribution is 5.83. The quantitative estimate of drug-likeness (QED) is 0.757. The van der Waals surface area contributed by atoms with Crippen LogP contribution in [0.2, 0.25) is 0 Å². The number of carbonyl (C=O) groups is 2. The fourth-order valence-corrected chi connectivity index (χ4v) is 3.00. The van der Waals surface area contributed by atoms with Gasteiger partial charge in [0.05, 0.1) is 5.60 Å². The lowest BCUT2D eigenvalue weighted by Crippen LogP contribution is -2.42. The molecule has 3 atom stereocenters. The lowest BCUT2D eigenvalue weighted by molar-refractivity contribution is -0.143. The number of amides is 1. The van der Waals surface area contributed by atoms with Crippen LogP contribution in [0.25, 0.3) is 0 Å². The number of aliphatic carboxylic acids is 1. The Morgan fingerprint density at radius 3 is 2.55 bits per heavy atom. The second-order valence-electron chi connectivity index (χ2n) is 7.55. The average Bonchev–Trinajstić information content (AvgIpc) is 2.35. The Morgan fingerprint density at radius 1 is 1.32 bits per heavy atom. The van der Waals surface area contributed by atoms with Crippen molar-refractivity contribution in [3.05, 3.63) is 0 Å². The van der Waals surface area contributed by atoms with Gasteiger partial charge in [0.1, 0.15) is 6.04 Å². The lowest BCUT2D eigenvalue weighted by atomic mass is 9.81. The number of rotatable bonds is 7. The summed E-state index contributed by atoms with van der Waals surface area (Å²) in [6, 6.07) is -0.865. The van der Waals surface area contributed by atoms with E-state index in [0.29, 0.717) is 31.3 Å². The molecule has 0 aromatic heterocycles. The van der Waals surface area contributed by atoms with E-state index in [1.165, 1.54) is 12.8 Å². The maximum Gasteiger partial charge on any atom is 0.326 e. The van der Waals surface area contributed by atoms with Gasteiger partial charge in [0.15, 0.2) is 0 Å². The number of carbonyl (C=O) groups excluding carboxylic acids is 1. The Balaban J connectivity index is 2.38. The molecule has 1 fully saturated rings. The number of nitrogens with one attached hydrogen (secondary N) is 1. The molecule has 0 saturated heterocycles. The molecular weight excluding hydrogens is 282 g/mol. The van der Waals surface area contributed by atoms with Crippen molar-refractivity contribution in [1.82, 2.24) is 5.32 Å². The van der Waals surface area contributed by atoms with E-state index in [0.717, 1.165) is 12.8 Å². The Morgan fingerprint density at radius 2 is 2.00 bits per heavy atom. The summed E-state index contributed by atoms with van der Waals surface area (Å²) in [4.78, 5) is 23.3. The van der Waals surface area contributed by atoms with E-state index in [9.17, 15) is 14.7 Å². The minimum atomic E-state index is -0.997. The number of carboxylic acids is 1. The van der Waals surface area contributed by atoms with Gasteiger partial charge in [0.25, 0.3) is 0 Å². The lowest BCUT2D eigenvalue weighted by Gasteiger charge is -2.27. The fraction of sp³-hybridized carbons (Fsp3) is 0.882. The van der Waals surface area contributed by atoms with Crippen LogP contribution in [0.5, 0.6) is 0 Å². The van der Waals surface area contributed by atoms with Crippen LogP contribution in [-0.4, -0.2) is 35.2 Å². The number of hydrogen-bond donors (Lipinski definition) is 2. The van der Waals surface area contributed by atoms with Gasteiger partial charge in [-0.3, -0.25) is 4.79 Å². The van der Waals surface area contributed by atoms with E-state index in [4.69, 9.17) is 4.74 Å². The zero-order valence-corrected chi connectivity index (χ0v) is 14.4. The zero-order chi connectivity index (χ0) is 16.8. The minimum Gasteiger partial charge on any atom is -0.480 e. The first-order valence-corrected chi connectivity index (χ1v) is 8.33. The van der Waals surface area contributed by atoms with Crippen LogP contribution in [-0.2, 0) is 14.3 Å². The second-order valence-corrected chi connectivity index (χ2v) is 7.55. The molecule has 128 valence electrons. The minimum absolute atomic E-state index is 0.151. The summed E-state index contributed by atoms with van der Waals surface area (Å²) < 4.78 is 5.54. The van der Waals surface area contributed by atoms with Crippen molar-refractivity contribution in [2.24, 2.45) is 11.8 Å². The van der Waals surface area contributed by atoms with E-state index >= 15 is 0 Å². The van der Waals surface area contributed by atoms with Crippen LogP contribution in [0.15, 0.2) is 0 Å². The van der Waals surface area contributed by atoms with Crippen molar-refractivity contribution in [2.45, 2.75) is 77.9 Å². The van der Waals surface area contributed by atoms with Crippen LogP contribution in [0.3, 0.4) is 0 Å². The molecule has 0 aromatic carbocycles. The normalized spacial score (nSPS) is 23.8. The molecule has 0 heterocycles. The summed E-state index contributed by atoms with van der Waals surface area (Å²) in [6.07, 6.45) is 5.27. The van der Waals surface area contributed by atoms with Crippen LogP contribution < -0.4 is 5.32 Å². The van der Waals surface area contributed by atoms with Crippen molar-refractivity contribution in [3.63, 3.8) is 0 Å². The molecule has 1 saturated carbocycles. The first kappa shape index (κ1) is 18.9. The molecule has 5 heteroatoms. The van der Waals surface area contributed by atoms with E-state index in [-0.39, 0.29) is 11.5 Å². The molecule has 22 heavy (non-hydrogen) atoms. The Bertz CT molecular complexity index is 375. The van der Waals surface area contributed by atoms with Crippen molar-refractivity contribution in [2.75, 3.05) is 6.61 Å². The van der Waals surface area contributed by atoms with Gasteiger partial charge in [0.2, 0.25) is 5.91 Å². The molecule has 1 amide bonds. The molecule has 3 unspecified atom stereocenters. The van der Waals surface area contributed by atoms with Gasteiger partial charge in [-0.2, -0.15) is 0 Å². The van der Waals surface area contributed by atoms with Crippen molar-refractivity contribution in [3.8, 4) is 0 Å². The predicted molar refractivity (Wildman–Crippen MR) is 85.6 cm³/mol. The summed E-state index contributed by atoms with van der Waals surface area (Å²) in [6.45, 7) is 8.30. The van der Waals surface area contributed by atoms with Gasteiger partial charge in [-0.05, 0) is 45.4 Å². The standard InChI is InChI=1S/C17H31NO4/c1-12-6-5-7-13(10-12)11-15(19)18-14(16(20)21)8-9-22-17(2,3)4/h12-14H,5-11H2,1-4H3,(H,18,19)(H,20,21). The van der Waals surface area contributed by atoms with Crippen LogP contribution in [0, 0.1) is 11.8 Å². The highest BCUT2D eigenvalue weighted by atomic mass is 16.5. The van der Waals surface area contributed by atoms with Gasteiger partial charge in [-0.1, -0.05) is 19.8 Å². The highest BCUT2D eigenvalue weighted by Crippen LogP contribution is 2.30. The monoisotopic (exact) mass is 313 g/mol.